The molecule has 4 nitrogen and oxygen atoms in total. The normalized spacial score (nSPS) is 17.4. The number of rotatable bonds is 4. The smallest absolute Gasteiger partial charge is 0.259 e. The minimum Gasteiger partial charge on any atom is -0.375 e. The maximum atomic E-state index is 10.8. The second-order valence-corrected chi connectivity index (χ2v) is 3.76. The summed E-state index contributed by atoms with van der Waals surface area (Å²) in [5, 5.41) is 8.69. The lowest BCUT2D eigenvalue weighted by Crippen LogP contribution is -2.18. The molecule has 0 atom stereocenters. The first kappa shape index (κ1) is 12.3. The predicted octanol–water partition coefficient (Wildman–Crippen LogP) is 1.31. The highest BCUT2D eigenvalue weighted by Gasteiger charge is 2.12. The molecule has 0 radical (unpaired) electrons. The summed E-state index contributed by atoms with van der Waals surface area (Å²) in [6.07, 6.45) is 6.66. The zero-order valence-electron chi connectivity index (χ0n) is 9.57. The van der Waals surface area contributed by atoms with Gasteiger partial charge in [0, 0.05) is 18.8 Å². The Hall–Kier alpha value is -1.76. The van der Waals surface area contributed by atoms with E-state index in [2.05, 4.69) is 11.8 Å². The molecule has 0 spiro atoms. The molecule has 0 aliphatic carbocycles. The Kier molecular flexibility index (Phi) is 4.59. The summed E-state index contributed by atoms with van der Waals surface area (Å²) >= 11 is 0. The van der Waals surface area contributed by atoms with Crippen LogP contribution in [0.25, 0.3) is 0 Å². The van der Waals surface area contributed by atoms with E-state index in [1.54, 1.807) is 6.07 Å². The Morgan fingerprint density at radius 1 is 1.44 bits per heavy atom. The van der Waals surface area contributed by atoms with Gasteiger partial charge in [0.05, 0.1) is 0 Å². The minimum absolute atomic E-state index is 0.00477. The van der Waals surface area contributed by atoms with Gasteiger partial charge >= 0.3 is 0 Å². The molecule has 1 aliphatic heterocycles. The van der Waals surface area contributed by atoms with Crippen LogP contribution in [0.5, 0.6) is 0 Å². The molecule has 4 heteroatoms. The van der Waals surface area contributed by atoms with Gasteiger partial charge < -0.3 is 10.6 Å². The third-order valence-corrected chi connectivity index (χ3v) is 2.70. The van der Waals surface area contributed by atoms with Crippen molar-refractivity contribution < 1.29 is 4.79 Å². The van der Waals surface area contributed by atoms with Crippen molar-refractivity contribution in [3.63, 3.8) is 0 Å². The summed E-state index contributed by atoms with van der Waals surface area (Å²) in [6.45, 7) is 4.19. The molecule has 0 saturated carbocycles. The summed E-state index contributed by atoms with van der Waals surface area (Å²) in [5.74, 6) is -0.671. The van der Waals surface area contributed by atoms with Gasteiger partial charge in [0.1, 0.15) is 11.6 Å². The first-order valence-corrected chi connectivity index (χ1v) is 5.54. The third kappa shape index (κ3) is 3.13. The number of allylic oxidation sites excluding steroid dienone is 3. The Labute approximate surface area is 96.0 Å². The summed E-state index contributed by atoms with van der Waals surface area (Å²) < 4.78 is 0. The largest absolute Gasteiger partial charge is 0.375 e. The predicted molar refractivity (Wildman–Crippen MR) is 62.1 cm³/mol. The number of hydrogen-bond donors (Lipinski definition) is 1. The number of primary amides is 1. The van der Waals surface area contributed by atoms with Crippen LogP contribution in [0.3, 0.4) is 0 Å². The molecular formula is C12H17N3O. The monoisotopic (exact) mass is 219 g/mol. The zero-order chi connectivity index (χ0) is 12.0. The van der Waals surface area contributed by atoms with E-state index in [1.165, 1.54) is 18.9 Å². The first-order valence-electron chi connectivity index (χ1n) is 5.54. The van der Waals surface area contributed by atoms with Gasteiger partial charge in [-0.05, 0) is 31.4 Å². The van der Waals surface area contributed by atoms with E-state index in [-0.39, 0.29) is 5.57 Å². The minimum atomic E-state index is -0.671. The van der Waals surface area contributed by atoms with Crippen LogP contribution < -0.4 is 5.73 Å². The number of hydrogen-bond acceptors (Lipinski definition) is 3. The topological polar surface area (TPSA) is 70.1 Å². The first-order chi connectivity index (χ1) is 7.69. The number of carbonyl (C=O) groups excluding carboxylic acids is 1. The number of carbonyl (C=O) groups is 1. The highest BCUT2D eigenvalue weighted by atomic mass is 16.1. The number of nitrogens with zero attached hydrogens (tertiary/aromatic N) is 2. The number of amides is 1. The molecule has 2 N–H and O–H groups in total. The summed E-state index contributed by atoms with van der Waals surface area (Å²) in [4.78, 5) is 13.1. The second-order valence-electron chi connectivity index (χ2n) is 3.76. The molecule has 0 aromatic carbocycles. The lowest BCUT2D eigenvalue weighted by atomic mass is 10.2. The maximum Gasteiger partial charge on any atom is 0.259 e. The Bertz CT molecular complexity index is 357. The van der Waals surface area contributed by atoms with E-state index in [9.17, 15) is 4.79 Å². The molecular weight excluding hydrogens is 202 g/mol. The van der Waals surface area contributed by atoms with Crippen molar-refractivity contribution in [2.24, 2.45) is 5.73 Å². The third-order valence-electron chi connectivity index (χ3n) is 2.70. The average molecular weight is 219 g/mol. The van der Waals surface area contributed by atoms with Crippen molar-refractivity contribution >= 4 is 5.91 Å². The van der Waals surface area contributed by atoms with Crippen molar-refractivity contribution in [3.8, 4) is 6.07 Å². The zero-order valence-corrected chi connectivity index (χ0v) is 9.57. The fourth-order valence-corrected chi connectivity index (χ4v) is 1.81. The summed E-state index contributed by atoms with van der Waals surface area (Å²) in [6, 6.07) is 1.80. The molecule has 0 bridgehead atoms. The van der Waals surface area contributed by atoms with Crippen molar-refractivity contribution in [2.45, 2.75) is 26.2 Å². The Morgan fingerprint density at radius 2 is 2.06 bits per heavy atom. The average Bonchev–Trinajstić information content (AvgIpc) is 2.77. The molecule has 86 valence electrons. The molecule has 16 heavy (non-hydrogen) atoms. The molecule has 1 heterocycles. The molecule has 1 saturated heterocycles. The van der Waals surface area contributed by atoms with Gasteiger partial charge in [-0.3, -0.25) is 4.79 Å². The van der Waals surface area contributed by atoms with Crippen molar-refractivity contribution in [1.29, 1.82) is 5.26 Å². The van der Waals surface area contributed by atoms with Crippen LogP contribution in [0.2, 0.25) is 0 Å². The molecule has 0 unspecified atom stereocenters. The Morgan fingerprint density at radius 3 is 2.50 bits per heavy atom. The lowest BCUT2D eigenvalue weighted by Gasteiger charge is -2.19. The molecule has 0 aromatic rings. The van der Waals surface area contributed by atoms with Gasteiger partial charge in [-0.25, -0.2) is 0 Å². The second kappa shape index (κ2) is 5.96. The molecule has 0 aromatic heterocycles. The Balaban J connectivity index is 2.79. The van der Waals surface area contributed by atoms with Crippen LogP contribution >= 0.6 is 0 Å². The molecule has 1 aliphatic rings. The number of nitrogens with two attached hydrogens (primary N) is 1. The SMILES string of the molecule is CC/C(=C\C=C(/C#N)C(N)=O)N1CCCC1. The summed E-state index contributed by atoms with van der Waals surface area (Å²) in [5.41, 5.74) is 6.22. The highest BCUT2D eigenvalue weighted by Crippen LogP contribution is 2.17. The molecule has 1 fully saturated rings. The van der Waals surface area contributed by atoms with Gasteiger partial charge in [-0.1, -0.05) is 6.92 Å². The van der Waals surface area contributed by atoms with Gasteiger partial charge in [-0.15, -0.1) is 0 Å². The van der Waals surface area contributed by atoms with Crippen molar-refractivity contribution in [2.75, 3.05) is 13.1 Å². The van der Waals surface area contributed by atoms with Crippen LogP contribution in [0.4, 0.5) is 0 Å². The van der Waals surface area contributed by atoms with E-state index in [4.69, 9.17) is 11.0 Å². The standard InChI is InChI=1S/C12H17N3O/c1-2-11(15-7-3-4-8-15)6-5-10(9-13)12(14)16/h5-6H,2-4,7-8H2,1H3,(H2,14,16)/b10-5+,11-6+. The van der Waals surface area contributed by atoms with Crippen LogP contribution in [0.1, 0.15) is 26.2 Å². The fraction of sp³-hybridized carbons (Fsp3) is 0.500. The highest BCUT2D eigenvalue weighted by molar-refractivity contribution is 5.96. The van der Waals surface area contributed by atoms with Crippen LogP contribution in [-0.2, 0) is 4.79 Å². The van der Waals surface area contributed by atoms with Crippen molar-refractivity contribution in [1.82, 2.24) is 4.90 Å². The number of likely N-dealkylation sites (tertiary alicyclic amines) is 1. The molecule has 1 amide bonds. The quantitative estimate of drug-likeness (QED) is 0.440. The molecule has 1 rings (SSSR count). The van der Waals surface area contributed by atoms with Crippen LogP contribution in [-0.4, -0.2) is 23.9 Å². The van der Waals surface area contributed by atoms with E-state index in [0.29, 0.717) is 0 Å². The van der Waals surface area contributed by atoms with Crippen LogP contribution in [0.15, 0.2) is 23.4 Å². The van der Waals surface area contributed by atoms with E-state index >= 15 is 0 Å². The van der Waals surface area contributed by atoms with Gasteiger partial charge in [0.15, 0.2) is 0 Å². The number of nitriles is 1. The van der Waals surface area contributed by atoms with Crippen LogP contribution in [0, 0.1) is 11.3 Å². The van der Waals surface area contributed by atoms with Gasteiger partial charge in [0.2, 0.25) is 0 Å². The van der Waals surface area contributed by atoms with Crippen molar-refractivity contribution in [3.05, 3.63) is 23.4 Å². The maximum absolute atomic E-state index is 10.8. The summed E-state index contributed by atoms with van der Waals surface area (Å²) in [7, 11) is 0. The van der Waals surface area contributed by atoms with Gasteiger partial charge in [-0.2, -0.15) is 5.26 Å². The van der Waals surface area contributed by atoms with E-state index < -0.39 is 5.91 Å². The van der Waals surface area contributed by atoms with E-state index in [1.807, 2.05) is 6.08 Å². The van der Waals surface area contributed by atoms with E-state index in [0.717, 1.165) is 25.2 Å². The fourth-order valence-electron chi connectivity index (χ4n) is 1.81. The lowest BCUT2D eigenvalue weighted by molar-refractivity contribution is -0.114. The van der Waals surface area contributed by atoms with Gasteiger partial charge in [0.25, 0.3) is 5.91 Å².